The number of phenolic OH excluding ortho intramolecular Hbond substituents is 1. The van der Waals surface area contributed by atoms with Crippen molar-refractivity contribution in [1.29, 1.82) is 0 Å². The van der Waals surface area contributed by atoms with Crippen molar-refractivity contribution in [1.82, 2.24) is 4.90 Å². The number of aromatic hydroxyl groups is 1. The maximum Gasteiger partial charge on any atom is 0.231 e. The average molecular weight is 278 g/mol. The molecule has 3 N–H and O–H groups in total. The lowest BCUT2D eigenvalue weighted by Gasteiger charge is -2.27. The third kappa shape index (κ3) is 3.63. The van der Waals surface area contributed by atoms with Crippen molar-refractivity contribution in [2.45, 2.75) is 38.3 Å². The fraction of sp³-hybridized carbons (Fsp3) is 0.533. The number of amides is 1. The molecule has 1 fully saturated rings. The molecule has 0 atom stereocenters. The molecule has 2 rings (SSSR count). The lowest BCUT2D eigenvalue weighted by Crippen LogP contribution is -2.39. The molecule has 0 saturated heterocycles. The summed E-state index contributed by atoms with van der Waals surface area (Å²) in [4.78, 5) is 13.3. The number of nitrogens with zero attached hydrogens (tertiary/aromatic N) is 1. The van der Waals surface area contributed by atoms with Gasteiger partial charge in [0.1, 0.15) is 11.5 Å². The SMILES string of the molecule is COc1ccc(O)c(CN(CC(N)=O)C2CCCC2)c1. The van der Waals surface area contributed by atoms with Crippen molar-refractivity contribution < 1.29 is 14.6 Å². The predicted octanol–water partition coefficient (Wildman–Crippen LogP) is 1.63. The Labute approximate surface area is 119 Å². The number of nitrogens with two attached hydrogens (primary N) is 1. The number of rotatable bonds is 6. The number of hydrogen-bond donors (Lipinski definition) is 2. The Bertz CT molecular complexity index is 470. The summed E-state index contributed by atoms with van der Waals surface area (Å²) in [5, 5.41) is 9.96. The van der Waals surface area contributed by atoms with Gasteiger partial charge in [-0.05, 0) is 31.0 Å². The molecule has 0 unspecified atom stereocenters. The highest BCUT2D eigenvalue weighted by molar-refractivity contribution is 5.76. The molecule has 5 heteroatoms. The van der Waals surface area contributed by atoms with E-state index in [-0.39, 0.29) is 18.2 Å². The minimum Gasteiger partial charge on any atom is -0.508 e. The van der Waals surface area contributed by atoms with Crippen LogP contribution in [0, 0.1) is 0 Å². The number of carbonyl (C=O) groups is 1. The van der Waals surface area contributed by atoms with E-state index in [2.05, 4.69) is 4.90 Å². The van der Waals surface area contributed by atoms with Crippen LogP contribution in [0.3, 0.4) is 0 Å². The molecular weight excluding hydrogens is 256 g/mol. The molecule has 0 heterocycles. The minimum atomic E-state index is -0.334. The Morgan fingerprint density at radius 3 is 2.75 bits per heavy atom. The van der Waals surface area contributed by atoms with Crippen LogP contribution in [0.4, 0.5) is 0 Å². The fourth-order valence-electron chi connectivity index (χ4n) is 2.82. The number of ether oxygens (including phenoxy) is 1. The van der Waals surface area contributed by atoms with Gasteiger partial charge in [0.05, 0.1) is 13.7 Å². The van der Waals surface area contributed by atoms with Crippen LogP contribution in [0.1, 0.15) is 31.2 Å². The molecular formula is C15H22N2O3. The molecule has 1 aliphatic carbocycles. The van der Waals surface area contributed by atoms with E-state index in [1.54, 1.807) is 25.3 Å². The summed E-state index contributed by atoms with van der Waals surface area (Å²) in [5.74, 6) is 0.584. The predicted molar refractivity (Wildman–Crippen MR) is 76.5 cm³/mol. The highest BCUT2D eigenvalue weighted by atomic mass is 16.5. The number of phenols is 1. The van der Waals surface area contributed by atoms with Crippen molar-refractivity contribution in [3.63, 3.8) is 0 Å². The molecule has 0 bridgehead atoms. The van der Waals surface area contributed by atoms with Crippen LogP contribution in [0.15, 0.2) is 18.2 Å². The van der Waals surface area contributed by atoms with E-state index < -0.39 is 0 Å². The van der Waals surface area contributed by atoms with Gasteiger partial charge in [0.15, 0.2) is 0 Å². The molecule has 20 heavy (non-hydrogen) atoms. The zero-order valence-electron chi connectivity index (χ0n) is 11.8. The van der Waals surface area contributed by atoms with Crippen LogP contribution in [0.25, 0.3) is 0 Å². The van der Waals surface area contributed by atoms with Gasteiger partial charge in [0.25, 0.3) is 0 Å². The lowest BCUT2D eigenvalue weighted by atomic mass is 10.1. The highest BCUT2D eigenvalue weighted by Gasteiger charge is 2.24. The summed E-state index contributed by atoms with van der Waals surface area (Å²) in [7, 11) is 1.59. The van der Waals surface area contributed by atoms with Gasteiger partial charge in [-0.1, -0.05) is 12.8 Å². The first kappa shape index (κ1) is 14.7. The third-order valence-electron chi connectivity index (χ3n) is 3.86. The van der Waals surface area contributed by atoms with E-state index in [9.17, 15) is 9.90 Å². The van der Waals surface area contributed by atoms with E-state index in [0.717, 1.165) is 18.4 Å². The largest absolute Gasteiger partial charge is 0.508 e. The van der Waals surface area contributed by atoms with Gasteiger partial charge in [-0.2, -0.15) is 0 Å². The van der Waals surface area contributed by atoms with E-state index in [4.69, 9.17) is 10.5 Å². The number of carbonyl (C=O) groups excluding carboxylic acids is 1. The van der Waals surface area contributed by atoms with Crippen LogP contribution < -0.4 is 10.5 Å². The van der Waals surface area contributed by atoms with Crippen molar-refractivity contribution in [2.24, 2.45) is 5.73 Å². The molecule has 5 nitrogen and oxygen atoms in total. The molecule has 0 aromatic heterocycles. The second-order valence-corrected chi connectivity index (χ2v) is 5.30. The molecule has 1 amide bonds. The Morgan fingerprint density at radius 2 is 2.15 bits per heavy atom. The third-order valence-corrected chi connectivity index (χ3v) is 3.86. The zero-order chi connectivity index (χ0) is 14.5. The van der Waals surface area contributed by atoms with Crippen molar-refractivity contribution in [2.75, 3.05) is 13.7 Å². The molecule has 0 radical (unpaired) electrons. The normalized spacial score (nSPS) is 15.7. The minimum absolute atomic E-state index is 0.221. The Kier molecular flexibility index (Phi) is 4.84. The first-order valence-electron chi connectivity index (χ1n) is 6.98. The quantitative estimate of drug-likeness (QED) is 0.829. The van der Waals surface area contributed by atoms with Gasteiger partial charge in [0, 0.05) is 18.2 Å². The van der Waals surface area contributed by atoms with Gasteiger partial charge in [-0.25, -0.2) is 0 Å². The zero-order valence-corrected chi connectivity index (χ0v) is 11.8. The van der Waals surface area contributed by atoms with Gasteiger partial charge in [0.2, 0.25) is 5.91 Å². The summed E-state index contributed by atoms with van der Waals surface area (Å²) in [6, 6.07) is 5.50. The van der Waals surface area contributed by atoms with Crippen LogP contribution in [-0.2, 0) is 11.3 Å². The van der Waals surface area contributed by atoms with Gasteiger partial charge < -0.3 is 15.6 Å². The second-order valence-electron chi connectivity index (χ2n) is 5.30. The molecule has 110 valence electrons. The summed E-state index contributed by atoms with van der Waals surface area (Å²) in [5.41, 5.74) is 6.10. The van der Waals surface area contributed by atoms with E-state index in [1.165, 1.54) is 12.8 Å². The monoisotopic (exact) mass is 278 g/mol. The smallest absolute Gasteiger partial charge is 0.231 e. The molecule has 1 aromatic carbocycles. The van der Waals surface area contributed by atoms with Crippen LogP contribution >= 0.6 is 0 Å². The number of hydrogen-bond acceptors (Lipinski definition) is 4. The topological polar surface area (TPSA) is 75.8 Å². The Balaban J connectivity index is 2.15. The van der Waals surface area contributed by atoms with Gasteiger partial charge in [-0.3, -0.25) is 9.69 Å². The average Bonchev–Trinajstić information content (AvgIpc) is 2.94. The number of methoxy groups -OCH3 is 1. The number of primary amides is 1. The van der Waals surface area contributed by atoms with Gasteiger partial charge >= 0.3 is 0 Å². The summed E-state index contributed by atoms with van der Waals surface area (Å²) < 4.78 is 5.18. The standard InChI is InChI=1S/C15H22N2O3/c1-20-13-6-7-14(18)11(8-13)9-17(10-15(16)19)12-4-2-3-5-12/h6-8,12,18H,2-5,9-10H2,1H3,(H2,16,19). The van der Waals surface area contributed by atoms with E-state index in [1.807, 2.05) is 0 Å². The van der Waals surface area contributed by atoms with E-state index >= 15 is 0 Å². The van der Waals surface area contributed by atoms with Crippen molar-refractivity contribution >= 4 is 5.91 Å². The van der Waals surface area contributed by atoms with Crippen LogP contribution in [-0.4, -0.2) is 35.6 Å². The van der Waals surface area contributed by atoms with Crippen LogP contribution in [0.5, 0.6) is 11.5 Å². The highest BCUT2D eigenvalue weighted by Crippen LogP contribution is 2.28. The van der Waals surface area contributed by atoms with E-state index in [0.29, 0.717) is 18.3 Å². The Hall–Kier alpha value is -1.75. The fourth-order valence-corrected chi connectivity index (χ4v) is 2.82. The van der Waals surface area contributed by atoms with Crippen molar-refractivity contribution in [3.05, 3.63) is 23.8 Å². The van der Waals surface area contributed by atoms with Gasteiger partial charge in [-0.15, -0.1) is 0 Å². The first-order chi connectivity index (χ1) is 9.60. The Morgan fingerprint density at radius 1 is 1.45 bits per heavy atom. The van der Waals surface area contributed by atoms with Crippen molar-refractivity contribution in [3.8, 4) is 11.5 Å². The summed E-state index contributed by atoms with van der Waals surface area (Å²) in [6.45, 7) is 0.734. The molecule has 1 saturated carbocycles. The summed E-state index contributed by atoms with van der Waals surface area (Å²) >= 11 is 0. The maximum absolute atomic E-state index is 11.3. The van der Waals surface area contributed by atoms with Crippen LogP contribution in [0.2, 0.25) is 0 Å². The number of benzene rings is 1. The second kappa shape index (κ2) is 6.61. The summed E-state index contributed by atoms with van der Waals surface area (Å²) in [6.07, 6.45) is 4.53. The lowest BCUT2D eigenvalue weighted by molar-refractivity contribution is -0.119. The molecule has 1 aromatic rings. The molecule has 0 spiro atoms. The molecule has 1 aliphatic rings. The first-order valence-corrected chi connectivity index (χ1v) is 6.98. The maximum atomic E-state index is 11.3. The molecule has 0 aliphatic heterocycles.